The summed E-state index contributed by atoms with van der Waals surface area (Å²) in [6.45, 7) is 1.99. The number of hydrogen-bond donors (Lipinski definition) is 2. The van der Waals surface area contributed by atoms with E-state index in [0.717, 1.165) is 48.7 Å². The summed E-state index contributed by atoms with van der Waals surface area (Å²) >= 11 is 1.65. The molecule has 0 radical (unpaired) electrons. The number of rotatable bonds is 4. The van der Waals surface area contributed by atoms with Crippen LogP contribution < -0.4 is 0 Å². The van der Waals surface area contributed by atoms with E-state index in [9.17, 15) is 10.2 Å². The predicted octanol–water partition coefficient (Wildman–Crippen LogP) is 5.90. The highest BCUT2D eigenvalue weighted by atomic mass is 32.2. The Kier molecular flexibility index (Phi) is 4.75. The zero-order chi connectivity index (χ0) is 20.7. The predicted molar refractivity (Wildman–Crippen MR) is 122 cm³/mol. The van der Waals surface area contributed by atoms with Crippen LogP contribution in [-0.2, 0) is 12.2 Å². The zero-order valence-corrected chi connectivity index (χ0v) is 17.5. The van der Waals surface area contributed by atoms with Crippen LogP contribution in [0.1, 0.15) is 27.8 Å². The summed E-state index contributed by atoms with van der Waals surface area (Å²) in [5, 5.41) is 22.1. The highest BCUT2D eigenvalue weighted by molar-refractivity contribution is 7.99. The van der Waals surface area contributed by atoms with E-state index in [0.29, 0.717) is 0 Å². The number of hydrogen-bond acceptors (Lipinski definition) is 3. The maximum absolute atomic E-state index is 12.4. The zero-order valence-electron chi connectivity index (χ0n) is 16.7. The first-order valence-electron chi connectivity index (χ1n) is 10.0. The normalized spacial score (nSPS) is 16.9. The van der Waals surface area contributed by atoms with Gasteiger partial charge in [0.05, 0.1) is 6.61 Å². The fourth-order valence-corrected chi connectivity index (χ4v) is 5.34. The fraction of sp³-hybridized carbons (Fsp3) is 0.111. The molecule has 0 fully saturated rings. The van der Waals surface area contributed by atoms with Gasteiger partial charge < -0.3 is 10.2 Å². The van der Waals surface area contributed by atoms with E-state index < -0.39 is 5.60 Å². The van der Waals surface area contributed by atoms with E-state index in [-0.39, 0.29) is 6.61 Å². The first kappa shape index (κ1) is 19.1. The molecule has 0 saturated carbocycles. The van der Waals surface area contributed by atoms with Gasteiger partial charge in [0.1, 0.15) is 5.60 Å². The van der Waals surface area contributed by atoms with Crippen LogP contribution in [0.4, 0.5) is 0 Å². The lowest BCUT2D eigenvalue weighted by molar-refractivity contribution is 0.127. The number of benzene rings is 4. The van der Waals surface area contributed by atoms with Crippen molar-refractivity contribution in [1.29, 1.82) is 0 Å². The van der Waals surface area contributed by atoms with E-state index in [4.69, 9.17) is 0 Å². The highest BCUT2D eigenvalue weighted by Crippen LogP contribution is 2.53. The van der Waals surface area contributed by atoms with Gasteiger partial charge in [-0.25, -0.2) is 0 Å². The molecule has 2 nitrogen and oxygen atoms in total. The molecule has 1 unspecified atom stereocenters. The first-order chi connectivity index (χ1) is 14.6. The molecular weight excluding hydrogens is 388 g/mol. The molecule has 0 aliphatic heterocycles. The van der Waals surface area contributed by atoms with Crippen LogP contribution in [0.15, 0.2) is 101 Å². The number of aryl methyl sites for hydroxylation is 1. The highest BCUT2D eigenvalue weighted by Gasteiger charge is 2.44. The average Bonchev–Trinajstić information content (AvgIpc) is 3.03. The van der Waals surface area contributed by atoms with Gasteiger partial charge in [-0.3, -0.25) is 0 Å². The maximum atomic E-state index is 12.4. The molecule has 2 N–H and O–H groups in total. The van der Waals surface area contributed by atoms with Gasteiger partial charge in [0, 0.05) is 26.5 Å². The molecule has 0 spiro atoms. The summed E-state index contributed by atoms with van der Waals surface area (Å²) < 4.78 is 0. The summed E-state index contributed by atoms with van der Waals surface area (Å²) in [6, 6.07) is 30.4. The standard InChI is InChI=1S/C27H22O2S/c1-18-11-13-21-22-14-12-19(17-28)16-25(22)27(29,24(21)15-18)23-9-5-6-10-26(23)30-20-7-3-2-4-8-20/h2-16,28-29H,17H2,1H3. The van der Waals surface area contributed by atoms with Crippen LogP contribution in [0.3, 0.4) is 0 Å². The molecule has 0 saturated heterocycles. The molecule has 3 heteroatoms. The van der Waals surface area contributed by atoms with Crippen molar-refractivity contribution in [2.75, 3.05) is 0 Å². The summed E-state index contributed by atoms with van der Waals surface area (Å²) in [7, 11) is 0. The van der Waals surface area contributed by atoms with E-state index in [2.05, 4.69) is 36.4 Å². The van der Waals surface area contributed by atoms with Gasteiger partial charge >= 0.3 is 0 Å². The van der Waals surface area contributed by atoms with E-state index in [1.54, 1.807) is 11.8 Å². The van der Waals surface area contributed by atoms with Gasteiger partial charge in [-0.1, -0.05) is 84.1 Å². The third-order valence-corrected chi connectivity index (χ3v) is 6.84. The van der Waals surface area contributed by atoms with Gasteiger partial charge in [0.2, 0.25) is 0 Å². The summed E-state index contributed by atoms with van der Waals surface area (Å²) in [5.41, 5.74) is 5.27. The van der Waals surface area contributed by atoms with Gasteiger partial charge in [0.25, 0.3) is 0 Å². The lowest BCUT2D eigenvalue weighted by Crippen LogP contribution is -2.27. The van der Waals surface area contributed by atoms with E-state index in [1.807, 2.05) is 61.5 Å². The lowest BCUT2D eigenvalue weighted by Gasteiger charge is -2.29. The molecule has 5 rings (SSSR count). The molecular formula is C27H22O2S. The smallest absolute Gasteiger partial charge is 0.142 e. The first-order valence-corrected chi connectivity index (χ1v) is 10.8. The third kappa shape index (κ3) is 2.98. The van der Waals surface area contributed by atoms with Crippen molar-refractivity contribution in [3.8, 4) is 11.1 Å². The second-order valence-corrected chi connectivity index (χ2v) is 8.82. The summed E-state index contributed by atoms with van der Waals surface area (Å²) in [4.78, 5) is 2.14. The number of fused-ring (bicyclic) bond motifs is 3. The lowest BCUT2D eigenvalue weighted by atomic mass is 9.83. The molecule has 30 heavy (non-hydrogen) atoms. The van der Waals surface area contributed by atoms with Crippen LogP contribution in [0.2, 0.25) is 0 Å². The van der Waals surface area contributed by atoms with Crippen molar-refractivity contribution in [1.82, 2.24) is 0 Å². The quantitative estimate of drug-likeness (QED) is 0.440. The average molecular weight is 411 g/mol. The Morgan fingerprint density at radius 1 is 0.733 bits per heavy atom. The number of aliphatic hydroxyl groups is 2. The second-order valence-electron chi connectivity index (χ2n) is 7.71. The van der Waals surface area contributed by atoms with Crippen LogP contribution in [-0.4, -0.2) is 10.2 Å². The van der Waals surface area contributed by atoms with Gasteiger partial charge in [-0.2, -0.15) is 0 Å². The number of aliphatic hydroxyl groups excluding tert-OH is 1. The van der Waals surface area contributed by atoms with Crippen molar-refractivity contribution in [2.45, 2.75) is 28.9 Å². The van der Waals surface area contributed by atoms with Crippen molar-refractivity contribution in [3.05, 3.63) is 119 Å². The largest absolute Gasteiger partial charge is 0.392 e. The van der Waals surface area contributed by atoms with Crippen molar-refractivity contribution >= 4 is 11.8 Å². The minimum absolute atomic E-state index is 0.0564. The Morgan fingerprint density at radius 2 is 1.40 bits per heavy atom. The Balaban J connectivity index is 1.76. The van der Waals surface area contributed by atoms with Crippen molar-refractivity contribution in [3.63, 3.8) is 0 Å². The maximum Gasteiger partial charge on any atom is 0.142 e. The van der Waals surface area contributed by atoms with E-state index in [1.165, 1.54) is 0 Å². The molecule has 0 aromatic heterocycles. The molecule has 4 aromatic carbocycles. The molecule has 1 aliphatic carbocycles. The second kappa shape index (κ2) is 7.44. The van der Waals surface area contributed by atoms with E-state index >= 15 is 0 Å². The van der Waals surface area contributed by atoms with Crippen LogP contribution in [0.5, 0.6) is 0 Å². The Bertz CT molecular complexity index is 1230. The Morgan fingerprint density at radius 3 is 2.17 bits per heavy atom. The third-order valence-electron chi connectivity index (χ3n) is 5.76. The monoisotopic (exact) mass is 410 g/mol. The minimum Gasteiger partial charge on any atom is -0.392 e. The Labute approximate surface area is 180 Å². The summed E-state index contributed by atoms with van der Waals surface area (Å²) in [5.74, 6) is 0. The van der Waals surface area contributed by atoms with Crippen LogP contribution in [0.25, 0.3) is 11.1 Å². The minimum atomic E-state index is -1.28. The molecule has 0 heterocycles. The van der Waals surface area contributed by atoms with Gasteiger partial charge in [0.15, 0.2) is 0 Å². The molecule has 148 valence electrons. The van der Waals surface area contributed by atoms with Crippen molar-refractivity contribution in [2.24, 2.45) is 0 Å². The SMILES string of the molecule is Cc1ccc2c(c1)C(O)(c1ccccc1Sc1ccccc1)c1cc(CO)ccc1-2. The fourth-order valence-electron chi connectivity index (χ4n) is 4.32. The van der Waals surface area contributed by atoms with Crippen LogP contribution in [0, 0.1) is 6.92 Å². The molecule has 1 atom stereocenters. The Hall–Kier alpha value is -2.85. The molecule has 4 aromatic rings. The molecule has 1 aliphatic rings. The topological polar surface area (TPSA) is 40.5 Å². The van der Waals surface area contributed by atoms with Crippen LogP contribution >= 0.6 is 11.8 Å². The van der Waals surface area contributed by atoms with Gasteiger partial charge in [-0.05, 0) is 47.9 Å². The van der Waals surface area contributed by atoms with Crippen molar-refractivity contribution < 1.29 is 10.2 Å². The molecule has 0 amide bonds. The molecule has 0 bridgehead atoms. The van der Waals surface area contributed by atoms with Gasteiger partial charge in [-0.15, -0.1) is 0 Å². The summed E-state index contributed by atoms with van der Waals surface area (Å²) in [6.07, 6.45) is 0.